The number of hydrogen-bond acceptors (Lipinski definition) is 1. The maximum Gasteiger partial charge on any atom is 0.136 e. The number of hydrogen-bond donors (Lipinski definition) is 0. The Hall–Kier alpha value is -7.36. The molecule has 0 saturated carbocycles. The number of furan rings is 1. The molecule has 12 rings (SSSR count). The first kappa shape index (κ1) is 30.1. The summed E-state index contributed by atoms with van der Waals surface area (Å²) in [6.45, 7) is 0. The lowest BCUT2D eigenvalue weighted by Crippen LogP contribution is -1.96. The van der Waals surface area contributed by atoms with E-state index in [0.29, 0.717) is 0 Å². The molecule has 0 amide bonds. The van der Waals surface area contributed by atoms with Crippen LogP contribution in [0.5, 0.6) is 0 Å². The van der Waals surface area contributed by atoms with E-state index in [-0.39, 0.29) is 0 Å². The molecule has 0 bridgehead atoms. The summed E-state index contributed by atoms with van der Waals surface area (Å²) in [6, 6.07) is 70.3. The van der Waals surface area contributed by atoms with Crippen LogP contribution in [0.2, 0.25) is 0 Å². The van der Waals surface area contributed by atoms with Gasteiger partial charge in [0, 0.05) is 43.4 Å². The first-order chi connectivity index (χ1) is 27.3. The van der Waals surface area contributed by atoms with Crippen molar-refractivity contribution in [3.63, 3.8) is 0 Å². The van der Waals surface area contributed by atoms with E-state index in [2.05, 4.69) is 197 Å². The molecule has 256 valence electrons. The van der Waals surface area contributed by atoms with Crippen molar-refractivity contribution in [1.82, 2.24) is 9.13 Å². The molecule has 3 nitrogen and oxygen atoms in total. The van der Waals surface area contributed by atoms with Gasteiger partial charge in [-0.1, -0.05) is 133 Å². The van der Waals surface area contributed by atoms with Crippen LogP contribution in [0, 0.1) is 0 Å². The van der Waals surface area contributed by atoms with Crippen molar-refractivity contribution in [2.75, 3.05) is 0 Å². The lowest BCUT2D eigenvalue weighted by atomic mass is 9.94. The number of para-hydroxylation sites is 4. The quantitative estimate of drug-likeness (QED) is 0.179. The first-order valence-electron chi connectivity index (χ1n) is 18.9. The fourth-order valence-electron chi connectivity index (χ4n) is 9.13. The second kappa shape index (κ2) is 11.6. The summed E-state index contributed by atoms with van der Waals surface area (Å²) in [6.07, 6.45) is 0. The van der Waals surface area contributed by atoms with E-state index in [1.807, 2.05) is 6.07 Å². The van der Waals surface area contributed by atoms with Crippen LogP contribution in [0.3, 0.4) is 0 Å². The third-order valence-corrected chi connectivity index (χ3v) is 11.5. The number of nitrogens with zero attached hydrogens (tertiary/aromatic N) is 2. The van der Waals surface area contributed by atoms with Gasteiger partial charge in [-0.2, -0.15) is 0 Å². The van der Waals surface area contributed by atoms with Crippen LogP contribution < -0.4 is 0 Å². The zero-order valence-corrected chi connectivity index (χ0v) is 29.8. The molecule has 0 spiro atoms. The van der Waals surface area contributed by atoms with E-state index in [9.17, 15) is 0 Å². The maximum atomic E-state index is 6.30. The summed E-state index contributed by atoms with van der Waals surface area (Å²) in [5.74, 6) is 0. The Kier molecular flexibility index (Phi) is 6.34. The molecule has 0 fully saturated rings. The summed E-state index contributed by atoms with van der Waals surface area (Å²) in [5.41, 5.74) is 13.7. The van der Waals surface area contributed by atoms with Gasteiger partial charge < -0.3 is 13.6 Å². The van der Waals surface area contributed by atoms with Crippen LogP contribution in [0.4, 0.5) is 0 Å². The van der Waals surface area contributed by atoms with Gasteiger partial charge in [-0.25, -0.2) is 0 Å². The highest BCUT2D eigenvalue weighted by Gasteiger charge is 2.19. The fourth-order valence-corrected chi connectivity index (χ4v) is 9.13. The third kappa shape index (κ3) is 4.38. The van der Waals surface area contributed by atoms with E-state index >= 15 is 0 Å². The predicted molar refractivity (Wildman–Crippen MR) is 231 cm³/mol. The largest absolute Gasteiger partial charge is 0.456 e. The highest BCUT2D eigenvalue weighted by atomic mass is 16.3. The van der Waals surface area contributed by atoms with E-state index in [0.717, 1.165) is 33.3 Å². The Balaban J connectivity index is 1.06. The van der Waals surface area contributed by atoms with Crippen molar-refractivity contribution < 1.29 is 4.42 Å². The molecule has 55 heavy (non-hydrogen) atoms. The maximum absolute atomic E-state index is 6.30. The third-order valence-electron chi connectivity index (χ3n) is 11.5. The molecule has 0 aliphatic rings. The Bertz CT molecular complexity index is 3490. The molecule has 0 N–H and O–H groups in total. The van der Waals surface area contributed by atoms with Gasteiger partial charge in [0.25, 0.3) is 0 Å². The molecule has 0 saturated heterocycles. The zero-order valence-electron chi connectivity index (χ0n) is 29.8. The Morgan fingerprint density at radius 2 is 0.909 bits per heavy atom. The van der Waals surface area contributed by atoms with E-state index in [1.54, 1.807) is 0 Å². The molecule has 0 aliphatic heterocycles. The van der Waals surface area contributed by atoms with Gasteiger partial charge in [-0.3, -0.25) is 0 Å². The summed E-state index contributed by atoms with van der Waals surface area (Å²) in [5, 5.41) is 9.70. The van der Waals surface area contributed by atoms with Gasteiger partial charge in [0.1, 0.15) is 11.2 Å². The topological polar surface area (TPSA) is 23.0 Å². The first-order valence-corrected chi connectivity index (χ1v) is 18.9. The Morgan fingerprint density at radius 1 is 0.309 bits per heavy atom. The molecule has 9 aromatic carbocycles. The monoisotopic (exact) mass is 700 g/mol. The molecule has 0 aliphatic carbocycles. The minimum atomic E-state index is 0.908. The number of fused-ring (bicyclic) bond motifs is 10. The van der Waals surface area contributed by atoms with E-state index in [1.165, 1.54) is 76.6 Å². The Labute approximate surface area is 316 Å². The lowest BCUT2D eigenvalue weighted by Gasteiger charge is -2.15. The SMILES string of the molecule is c1ccc(-n2c3ccccc3c3ccc(-c4ccc5c(c4)c4ccccc4n5-c4ccc(-c5cccc6oc7ccccc7c56)c5ccccc45)cc32)cc1. The second-order valence-electron chi connectivity index (χ2n) is 14.5. The van der Waals surface area contributed by atoms with Gasteiger partial charge in [0.05, 0.1) is 27.8 Å². The van der Waals surface area contributed by atoms with Crippen molar-refractivity contribution in [1.29, 1.82) is 0 Å². The van der Waals surface area contributed by atoms with Gasteiger partial charge in [-0.15, -0.1) is 0 Å². The van der Waals surface area contributed by atoms with Crippen molar-refractivity contribution in [3.05, 3.63) is 194 Å². The van der Waals surface area contributed by atoms with Crippen LogP contribution in [0.15, 0.2) is 199 Å². The Morgan fingerprint density at radius 3 is 1.75 bits per heavy atom. The molecular weight excluding hydrogens is 669 g/mol. The zero-order chi connectivity index (χ0) is 36.0. The van der Waals surface area contributed by atoms with Crippen LogP contribution in [-0.2, 0) is 0 Å². The van der Waals surface area contributed by atoms with Crippen LogP contribution in [0.1, 0.15) is 0 Å². The number of benzene rings is 9. The normalized spacial score (nSPS) is 12.0. The van der Waals surface area contributed by atoms with Gasteiger partial charge in [-0.05, 0) is 88.3 Å². The van der Waals surface area contributed by atoms with Gasteiger partial charge >= 0.3 is 0 Å². The minimum Gasteiger partial charge on any atom is -0.456 e. The van der Waals surface area contributed by atoms with Crippen molar-refractivity contribution in [2.45, 2.75) is 0 Å². The average molecular weight is 701 g/mol. The molecule has 0 atom stereocenters. The summed E-state index contributed by atoms with van der Waals surface area (Å²) in [7, 11) is 0. The van der Waals surface area contributed by atoms with Gasteiger partial charge in [0.15, 0.2) is 0 Å². The fraction of sp³-hybridized carbons (Fsp3) is 0. The second-order valence-corrected chi connectivity index (χ2v) is 14.5. The molecule has 0 radical (unpaired) electrons. The van der Waals surface area contributed by atoms with E-state index in [4.69, 9.17) is 4.42 Å². The minimum absolute atomic E-state index is 0.908. The van der Waals surface area contributed by atoms with Crippen molar-refractivity contribution >= 4 is 76.3 Å². The predicted octanol–water partition coefficient (Wildman–Crippen LogP) is 14.3. The summed E-state index contributed by atoms with van der Waals surface area (Å²) < 4.78 is 11.1. The molecule has 3 aromatic heterocycles. The molecular formula is C52H32N2O. The molecule has 12 aromatic rings. The van der Waals surface area contributed by atoms with Crippen LogP contribution >= 0.6 is 0 Å². The molecule has 0 unspecified atom stereocenters. The van der Waals surface area contributed by atoms with E-state index < -0.39 is 0 Å². The smallest absolute Gasteiger partial charge is 0.136 e. The molecule has 3 heterocycles. The standard InChI is InChI=1S/C52H32N2O/c1-2-13-35(14-3-1)53-45-21-9-6-17-39(45)41-27-25-34(32-49(41)53)33-26-29-48-44(31-33)40-18-7-10-22-46(40)54(48)47-30-28-37(36-15-4-5-16-38(36)47)42-20-12-24-51-52(42)43-19-8-11-23-50(43)55-51/h1-32H. The highest BCUT2D eigenvalue weighted by Crippen LogP contribution is 2.43. The summed E-state index contributed by atoms with van der Waals surface area (Å²) in [4.78, 5) is 0. The van der Waals surface area contributed by atoms with Crippen molar-refractivity contribution in [2.24, 2.45) is 0 Å². The average Bonchev–Trinajstić information content (AvgIpc) is 3.91. The number of rotatable bonds is 4. The highest BCUT2D eigenvalue weighted by molar-refractivity contribution is 6.17. The van der Waals surface area contributed by atoms with Crippen molar-refractivity contribution in [3.8, 4) is 33.6 Å². The number of aromatic nitrogens is 2. The van der Waals surface area contributed by atoms with Gasteiger partial charge in [0.2, 0.25) is 0 Å². The molecule has 3 heteroatoms. The van der Waals surface area contributed by atoms with Crippen LogP contribution in [0.25, 0.3) is 110 Å². The summed E-state index contributed by atoms with van der Waals surface area (Å²) >= 11 is 0. The van der Waals surface area contributed by atoms with Crippen LogP contribution in [-0.4, -0.2) is 9.13 Å². The lowest BCUT2D eigenvalue weighted by molar-refractivity contribution is 0.669.